The van der Waals surface area contributed by atoms with E-state index in [2.05, 4.69) is 0 Å². The minimum atomic E-state index is -2.82. The van der Waals surface area contributed by atoms with Crippen LogP contribution in [0.5, 0.6) is 0 Å². The molecule has 4 unspecified atom stereocenters. The quantitative estimate of drug-likeness (QED) is 0.693. The van der Waals surface area contributed by atoms with Crippen molar-refractivity contribution in [2.24, 2.45) is 11.7 Å². The molecule has 3 aliphatic heterocycles. The van der Waals surface area contributed by atoms with Crippen molar-refractivity contribution >= 4 is 9.84 Å². The van der Waals surface area contributed by atoms with E-state index in [0.717, 1.165) is 25.7 Å². The van der Waals surface area contributed by atoms with E-state index in [4.69, 9.17) is 10.5 Å². The summed E-state index contributed by atoms with van der Waals surface area (Å²) in [5.41, 5.74) is 6.03. The molecule has 3 heterocycles. The van der Waals surface area contributed by atoms with Crippen molar-refractivity contribution in [3.05, 3.63) is 0 Å². The zero-order chi connectivity index (χ0) is 10.7. The molecule has 86 valence electrons. The monoisotopic (exact) mass is 231 g/mol. The summed E-state index contributed by atoms with van der Waals surface area (Å²) in [5.74, 6) is 0.710. The summed E-state index contributed by atoms with van der Waals surface area (Å²) in [7, 11) is -2.82. The molecule has 0 amide bonds. The fourth-order valence-corrected chi connectivity index (χ4v) is 5.33. The fourth-order valence-electron chi connectivity index (χ4n) is 3.43. The summed E-state index contributed by atoms with van der Waals surface area (Å²) >= 11 is 0. The van der Waals surface area contributed by atoms with Crippen LogP contribution in [-0.4, -0.2) is 37.7 Å². The Bertz CT molecular complexity index is 380. The third-order valence-electron chi connectivity index (χ3n) is 4.28. The van der Waals surface area contributed by atoms with Gasteiger partial charge in [0, 0.05) is 5.54 Å². The van der Waals surface area contributed by atoms with Gasteiger partial charge in [0.2, 0.25) is 0 Å². The molecule has 0 spiro atoms. The molecule has 0 aromatic carbocycles. The zero-order valence-electron chi connectivity index (χ0n) is 8.69. The van der Waals surface area contributed by atoms with Gasteiger partial charge >= 0.3 is 0 Å². The van der Waals surface area contributed by atoms with E-state index in [1.165, 1.54) is 0 Å². The number of ether oxygens (including phenoxy) is 1. The third kappa shape index (κ3) is 1.44. The predicted molar refractivity (Wildman–Crippen MR) is 56.2 cm³/mol. The van der Waals surface area contributed by atoms with Crippen molar-refractivity contribution in [2.75, 3.05) is 11.5 Å². The highest BCUT2D eigenvalue weighted by atomic mass is 32.2. The lowest BCUT2D eigenvalue weighted by molar-refractivity contribution is 0.0734. The molecular weight excluding hydrogens is 214 g/mol. The summed E-state index contributed by atoms with van der Waals surface area (Å²) < 4.78 is 28.6. The predicted octanol–water partition coefficient (Wildman–Crippen LogP) is 0.0699. The number of nitrogens with two attached hydrogens (primary N) is 1. The first-order chi connectivity index (χ1) is 7.00. The summed E-state index contributed by atoms with van der Waals surface area (Å²) in [6, 6.07) is 0. The van der Waals surface area contributed by atoms with E-state index in [1.54, 1.807) is 0 Å². The van der Waals surface area contributed by atoms with Crippen LogP contribution < -0.4 is 5.73 Å². The van der Waals surface area contributed by atoms with Crippen molar-refractivity contribution in [1.82, 2.24) is 0 Å². The molecule has 3 saturated heterocycles. The summed E-state index contributed by atoms with van der Waals surface area (Å²) in [4.78, 5) is 0. The van der Waals surface area contributed by atoms with Crippen molar-refractivity contribution < 1.29 is 13.2 Å². The molecule has 0 radical (unpaired) electrons. The van der Waals surface area contributed by atoms with Crippen LogP contribution in [0.2, 0.25) is 0 Å². The van der Waals surface area contributed by atoms with Crippen molar-refractivity contribution in [2.45, 2.75) is 43.4 Å². The van der Waals surface area contributed by atoms with Gasteiger partial charge in [-0.25, -0.2) is 8.42 Å². The number of hydrogen-bond donors (Lipinski definition) is 1. The van der Waals surface area contributed by atoms with Gasteiger partial charge < -0.3 is 10.5 Å². The Morgan fingerprint density at radius 3 is 2.53 bits per heavy atom. The van der Waals surface area contributed by atoms with E-state index in [0.29, 0.717) is 11.9 Å². The molecule has 3 aliphatic rings. The Balaban J connectivity index is 1.83. The molecule has 0 aromatic heterocycles. The number of hydrogen-bond acceptors (Lipinski definition) is 4. The van der Waals surface area contributed by atoms with Crippen molar-refractivity contribution in [1.29, 1.82) is 0 Å². The maximum Gasteiger partial charge on any atom is 0.150 e. The van der Waals surface area contributed by atoms with Gasteiger partial charge in [-0.2, -0.15) is 0 Å². The molecule has 5 heteroatoms. The molecule has 0 saturated carbocycles. The van der Waals surface area contributed by atoms with Gasteiger partial charge in [-0.05, 0) is 31.6 Å². The lowest BCUT2D eigenvalue weighted by Gasteiger charge is -2.36. The Morgan fingerprint density at radius 2 is 2.07 bits per heavy atom. The Hall–Kier alpha value is -0.130. The minimum absolute atomic E-state index is 0.112. The second-order valence-electron chi connectivity index (χ2n) is 5.24. The third-order valence-corrected chi connectivity index (χ3v) is 6.05. The Kier molecular flexibility index (Phi) is 1.98. The van der Waals surface area contributed by atoms with Gasteiger partial charge in [-0.3, -0.25) is 0 Å². The molecule has 0 aliphatic carbocycles. The van der Waals surface area contributed by atoms with Gasteiger partial charge in [0.05, 0.1) is 23.7 Å². The molecular formula is C10H17NO3S. The average molecular weight is 231 g/mol. The first kappa shape index (κ1) is 10.1. The highest BCUT2D eigenvalue weighted by molar-refractivity contribution is 7.91. The van der Waals surface area contributed by atoms with Gasteiger partial charge in [-0.15, -0.1) is 0 Å². The molecule has 15 heavy (non-hydrogen) atoms. The number of sulfone groups is 1. The first-order valence-electron chi connectivity index (χ1n) is 5.64. The SMILES string of the molecule is NC1(C2CCS(=O)(=O)C2)CC2CCC1O2. The van der Waals surface area contributed by atoms with Gasteiger partial charge in [0.25, 0.3) is 0 Å². The van der Waals surface area contributed by atoms with E-state index in [-0.39, 0.29) is 23.3 Å². The zero-order valence-corrected chi connectivity index (χ0v) is 9.50. The van der Waals surface area contributed by atoms with Crippen LogP contribution in [0.25, 0.3) is 0 Å². The lowest BCUT2D eigenvalue weighted by Crippen LogP contribution is -2.55. The van der Waals surface area contributed by atoms with Crippen LogP contribution >= 0.6 is 0 Å². The maximum absolute atomic E-state index is 11.4. The standard InChI is InChI=1S/C10H17NO3S/c11-10(5-8-1-2-9(10)14-8)7-3-4-15(12,13)6-7/h7-9H,1-6,11H2. The van der Waals surface area contributed by atoms with E-state index >= 15 is 0 Å². The van der Waals surface area contributed by atoms with Crippen molar-refractivity contribution in [3.63, 3.8) is 0 Å². The van der Waals surface area contributed by atoms with Gasteiger partial charge in [0.1, 0.15) is 0 Å². The summed E-state index contributed by atoms with van der Waals surface area (Å²) in [5, 5.41) is 0. The molecule has 2 N–H and O–H groups in total. The second kappa shape index (κ2) is 2.96. The molecule has 3 fully saturated rings. The number of fused-ring (bicyclic) bond motifs is 2. The van der Waals surface area contributed by atoms with Crippen LogP contribution in [0.15, 0.2) is 0 Å². The largest absolute Gasteiger partial charge is 0.373 e. The highest BCUT2D eigenvalue weighted by Crippen LogP contribution is 2.46. The minimum Gasteiger partial charge on any atom is -0.373 e. The summed E-state index contributed by atoms with van der Waals surface area (Å²) in [6.45, 7) is 0. The average Bonchev–Trinajstić information content (AvgIpc) is 2.78. The van der Waals surface area contributed by atoms with E-state index < -0.39 is 9.84 Å². The normalized spacial score (nSPS) is 52.5. The topological polar surface area (TPSA) is 69.4 Å². The maximum atomic E-state index is 11.4. The van der Waals surface area contributed by atoms with E-state index in [9.17, 15) is 8.42 Å². The second-order valence-corrected chi connectivity index (χ2v) is 7.47. The Labute approximate surface area is 90.1 Å². The van der Waals surface area contributed by atoms with Crippen LogP contribution in [-0.2, 0) is 14.6 Å². The molecule has 4 nitrogen and oxygen atoms in total. The summed E-state index contributed by atoms with van der Waals surface area (Å²) in [6.07, 6.45) is 4.11. The Morgan fingerprint density at radius 1 is 1.27 bits per heavy atom. The van der Waals surface area contributed by atoms with Crippen molar-refractivity contribution in [3.8, 4) is 0 Å². The highest BCUT2D eigenvalue weighted by Gasteiger charge is 2.55. The van der Waals surface area contributed by atoms with Crippen LogP contribution in [0.1, 0.15) is 25.7 Å². The van der Waals surface area contributed by atoms with Crippen LogP contribution in [0.4, 0.5) is 0 Å². The fraction of sp³-hybridized carbons (Fsp3) is 1.00. The lowest BCUT2D eigenvalue weighted by atomic mass is 9.73. The molecule has 0 aromatic rings. The molecule has 2 bridgehead atoms. The molecule has 3 rings (SSSR count). The van der Waals surface area contributed by atoms with Crippen LogP contribution in [0, 0.1) is 5.92 Å². The molecule has 4 atom stereocenters. The van der Waals surface area contributed by atoms with Gasteiger partial charge in [0.15, 0.2) is 9.84 Å². The first-order valence-corrected chi connectivity index (χ1v) is 7.46. The van der Waals surface area contributed by atoms with E-state index in [1.807, 2.05) is 0 Å². The smallest absolute Gasteiger partial charge is 0.150 e. The van der Waals surface area contributed by atoms with Crippen LogP contribution in [0.3, 0.4) is 0 Å². The number of rotatable bonds is 1. The van der Waals surface area contributed by atoms with Gasteiger partial charge in [-0.1, -0.05) is 0 Å².